The Morgan fingerprint density at radius 2 is 2.00 bits per heavy atom. The molecular formula is C16H9BrN+. The summed E-state index contributed by atoms with van der Waals surface area (Å²) in [6.45, 7) is 0. The molecular weight excluding hydrogens is 286 g/mol. The number of nitrogens with one attached hydrogen (secondary N) is 1. The molecule has 4 rings (SSSR count). The van der Waals surface area contributed by atoms with Crippen LogP contribution in [-0.2, 0) is 0 Å². The molecule has 1 nitrogen and oxygen atoms in total. The van der Waals surface area contributed by atoms with E-state index in [1.54, 1.807) is 0 Å². The summed E-state index contributed by atoms with van der Waals surface area (Å²) in [5.74, 6) is 0. The Kier molecular flexibility index (Phi) is 1.99. The van der Waals surface area contributed by atoms with Crippen molar-refractivity contribution < 1.29 is 0 Å². The zero-order valence-electron chi connectivity index (χ0n) is 9.50. The SMILES string of the molecule is Brc1ccc2[nH]c3c4c(ccc3c2c1)C=[C+]C=C4. The molecule has 0 bridgehead atoms. The van der Waals surface area contributed by atoms with Crippen molar-refractivity contribution in [3.8, 4) is 0 Å². The number of benzene rings is 2. The molecule has 0 spiro atoms. The van der Waals surface area contributed by atoms with Gasteiger partial charge in [-0.3, -0.25) is 0 Å². The molecule has 2 heteroatoms. The molecule has 0 radical (unpaired) electrons. The molecule has 3 aromatic rings. The lowest BCUT2D eigenvalue weighted by Gasteiger charge is -1.98. The minimum Gasteiger partial charge on any atom is -0.352 e. The minimum absolute atomic E-state index is 1.11. The second-order valence-corrected chi connectivity index (χ2v) is 5.37. The number of allylic oxidation sites excluding steroid dienone is 2. The molecule has 0 atom stereocenters. The summed E-state index contributed by atoms with van der Waals surface area (Å²) < 4.78 is 1.11. The quantitative estimate of drug-likeness (QED) is 0.566. The lowest BCUT2D eigenvalue weighted by molar-refractivity contribution is 1.51. The number of rotatable bonds is 0. The predicted molar refractivity (Wildman–Crippen MR) is 80.2 cm³/mol. The van der Waals surface area contributed by atoms with Crippen LogP contribution in [0.2, 0.25) is 0 Å². The molecule has 18 heavy (non-hydrogen) atoms. The van der Waals surface area contributed by atoms with Crippen LogP contribution in [-0.4, -0.2) is 4.98 Å². The van der Waals surface area contributed by atoms with E-state index in [1.165, 1.54) is 32.9 Å². The summed E-state index contributed by atoms with van der Waals surface area (Å²) in [4.78, 5) is 3.51. The number of aromatic nitrogens is 1. The van der Waals surface area contributed by atoms with Gasteiger partial charge >= 0.3 is 0 Å². The summed E-state index contributed by atoms with van der Waals surface area (Å²) in [5.41, 5.74) is 4.84. The standard InChI is InChI=1S/C16H9BrN/c17-11-6-8-15-14(9-11)13-7-5-10-3-1-2-4-12(10)16(13)18-15/h2-9,18H/q+1. The fraction of sp³-hybridized carbons (Fsp3) is 0. The first kappa shape index (κ1) is 10.1. The molecule has 0 saturated carbocycles. The number of hydrogen-bond acceptors (Lipinski definition) is 0. The molecule has 1 N–H and O–H groups in total. The molecule has 0 aliphatic heterocycles. The second kappa shape index (κ2) is 3.55. The summed E-state index contributed by atoms with van der Waals surface area (Å²) in [5, 5.41) is 2.53. The van der Waals surface area contributed by atoms with E-state index in [0.717, 1.165) is 4.47 Å². The van der Waals surface area contributed by atoms with Crippen molar-refractivity contribution in [2.75, 3.05) is 0 Å². The molecule has 1 aliphatic carbocycles. The molecule has 2 aromatic carbocycles. The van der Waals surface area contributed by atoms with Gasteiger partial charge in [0.2, 0.25) is 0 Å². The molecule has 0 fully saturated rings. The van der Waals surface area contributed by atoms with Gasteiger partial charge in [-0.05, 0) is 24.3 Å². The third-order valence-electron chi connectivity index (χ3n) is 3.40. The molecule has 84 valence electrons. The van der Waals surface area contributed by atoms with Gasteiger partial charge in [0.15, 0.2) is 0 Å². The van der Waals surface area contributed by atoms with E-state index in [4.69, 9.17) is 0 Å². The van der Waals surface area contributed by atoms with Crippen LogP contribution in [0.25, 0.3) is 34.0 Å². The van der Waals surface area contributed by atoms with Crippen LogP contribution >= 0.6 is 15.9 Å². The third kappa shape index (κ3) is 1.30. The summed E-state index contributed by atoms with van der Waals surface area (Å²) >= 11 is 3.53. The molecule has 0 amide bonds. The largest absolute Gasteiger partial charge is 0.352 e. The predicted octanol–water partition coefficient (Wildman–Crippen LogP) is 4.93. The number of aromatic amines is 1. The Morgan fingerprint density at radius 3 is 2.94 bits per heavy atom. The first-order valence-corrected chi connectivity index (χ1v) is 6.62. The van der Waals surface area contributed by atoms with Crippen LogP contribution in [0.1, 0.15) is 11.1 Å². The average molecular weight is 295 g/mol. The van der Waals surface area contributed by atoms with Crippen LogP contribution in [0, 0.1) is 6.08 Å². The Hall–Kier alpha value is -1.89. The Labute approximate surface area is 113 Å². The van der Waals surface area contributed by atoms with Gasteiger partial charge in [-0.2, -0.15) is 0 Å². The molecule has 0 unspecified atom stereocenters. The van der Waals surface area contributed by atoms with Crippen molar-refractivity contribution in [2.45, 2.75) is 0 Å². The van der Waals surface area contributed by atoms with Crippen molar-refractivity contribution in [1.82, 2.24) is 4.98 Å². The van der Waals surface area contributed by atoms with E-state index in [-0.39, 0.29) is 0 Å². The number of fused-ring (bicyclic) bond motifs is 5. The maximum Gasteiger partial charge on any atom is 0.117 e. The van der Waals surface area contributed by atoms with Gasteiger partial charge in [-0.1, -0.05) is 15.9 Å². The van der Waals surface area contributed by atoms with Gasteiger partial charge in [0.25, 0.3) is 0 Å². The van der Waals surface area contributed by atoms with Gasteiger partial charge in [-0.15, -0.1) is 0 Å². The summed E-state index contributed by atoms with van der Waals surface area (Å²) in [6, 6.07) is 10.7. The van der Waals surface area contributed by atoms with Crippen LogP contribution in [0.4, 0.5) is 0 Å². The van der Waals surface area contributed by atoms with Gasteiger partial charge in [0.05, 0.1) is 17.2 Å². The lowest BCUT2D eigenvalue weighted by Crippen LogP contribution is -1.86. The molecule has 0 saturated heterocycles. The number of hydrogen-bond donors (Lipinski definition) is 1. The van der Waals surface area contributed by atoms with Crippen LogP contribution in [0.15, 0.2) is 40.9 Å². The van der Waals surface area contributed by atoms with E-state index >= 15 is 0 Å². The Bertz CT molecular complexity index is 837. The van der Waals surface area contributed by atoms with Crippen LogP contribution in [0.3, 0.4) is 0 Å². The molecule has 1 heterocycles. The van der Waals surface area contributed by atoms with Crippen molar-refractivity contribution in [2.24, 2.45) is 0 Å². The van der Waals surface area contributed by atoms with Gasteiger partial charge < -0.3 is 4.98 Å². The van der Waals surface area contributed by atoms with Crippen molar-refractivity contribution in [3.05, 3.63) is 58.1 Å². The topological polar surface area (TPSA) is 15.8 Å². The summed E-state index contributed by atoms with van der Waals surface area (Å²) in [7, 11) is 0. The fourth-order valence-electron chi connectivity index (χ4n) is 2.55. The van der Waals surface area contributed by atoms with Crippen LogP contribution in [0.5, 0.6) is 0 Å². The van der Waals surface area contributed by atoms with E-state index in [1.807, 2.05) is 12.2 Å². The molecule has 1 aliphatic rings. The lowest BCUT2D eigenvalue weighted by atomic mass is 9.99. The summed E-state index contributed by atoms with van der Waals surface area (Å²) in [6.07, 6.45) is 9.22. The van der Waals surface area contributed by atoms with Gasteiger partial charge in [0, 0.05) is 32.9 Å². The van der Waals surface area contributed by atoms with Crippen molar-refractivity contribution >= 4 is 49.9 Å². The highest BCUT2D eigenvalue weighted by Crippen LogP contribution is 2.33. The maximum absolute atomic E-state index is 3.53. The zero-order chi connectivity index (χ0) is 12.1. The first-order valence-electron chi connectivity index (χ1n) is 5.83. The molecule has 1 aromatic heterocycles. The highest BCUT2D eigenvalue weighted by atomic mass is 79.9. The normalized spacial score (nSPS) is 12.9. The van der Waals surface area contributed by atoms with Crippen LogP contribution < -0.4 is 0 Å². The van der Waals surface area contributed by atoms with Crippen molar-refractivity contribution in [3.63, 3.8) is 0 Å². The maximum atomic E-state index is 3.53. The number of H-pyrrole nitrogens is 1. The highest BCUT2D eigenvalue weighted by molar-refractivity contribution is 9.10. The third-order valence-corrected chi connectivity index (χ3v) is 3.89. The van der Waals surface area contributed by atoms with Gasteiger partial charge in [-0.25, -0.2) is 0 Å². The van der Waals surface area contributed by atoms with Crippen molar-refractivity contribution in [1.29, 1.82) is 0 Å². The second-order valence-electron chi connectivity index (χ2n) is 4.45. The van der Waals surface area contributed by atoms with E-state index < -0.39 is 0 Å². The highest BCUT2D eigenvalue weighted by Gasteiger charge is 2.16. The fourth-order valence-corrected chi connectivity index (χ4v) is 2.91. The Balaban J connectivity index is 2.22. The average Bonchev–Trinajstić information content (AvgIpc) is 2.77. The minimum atomic E-state index is 1.11. The van der Waals surface area contributed by atoms with E-state index in [9.17, 15) is 0 Å². The van der Waals surface area contributed by atoms with Gasteiger partial charge in [0.1, 0.15) is 17.7 Å². The monoisotopic (exact) mass is 294 g/mol. The zero-order valence-corrected chi connectivity index (χ0v) is 11.1. The van der Waals surface area contributed by atoms with E-state index in [0.29, 0.717) is 0 Å². The Morgan fingerprint density at radius 1 is 1.06 bits per heavy atom. The van der Waals surface area contributed by atoms with E-state index in [2.05, 4.69) is 63.4 Å². The smallest absolute Gasteiger partial charge is 0.117 e. The number of halogens is 1. The first-order chi connectivity index (χ1) is 8.83.